The summed E-state index contributed by atoms with van der Waals surface area (Å²) in [7, 11) is 0. The summed E-state index contributed by atoms with van der Waals surface area (Å²) in [6, 6.07) is 7.33. The molecule has 4 nitrogen and oxygen atoms in total. The molecule has 0 aromatic heterocycles. The van der Waals surface area contributed by atoms with Crippen molar-refractivity contribution in [3.05, 3.63) is 153 Å². The smallest absolute Gasteiger partial charge is 0.134 e. The van der Waals surface area contributed by atoms with Gasteiger partial charge in [-0.15, -0.1) is 0 Å². The fraction of sp³-hybridized carbons (Fsp3) is 0. The van der Waals surface area contributed by atoms with Crippen molar-refractivity contribution in [1.82, 2.24) is 0 Å². The molecule has 0 N–H and O–H groups in total. The van der Waals surface area contributed by atoms with Crippen molar-refractivity contribution in [2.75, 3.05) is 0 Å². The molecule has 0 atom stereocenters. The maximum atomic E-state index is 15.0. The number of halogens is 5. The number of benzene rings is 2. The molecular formula is C32H15BrF4N4. The molecule has 5 aliphatic heterocycles. The predicted molar refractivity (Wildman–Crippen MR) is 157 cm³/mol. The molecule has 8 bridgehead atoms. The van der Waals surface area contributed by atoms with Crippen molar-refractivity contribution in [3.63, 3.8) is 0 Å². The Morgan fingerprint density at radius 3 is 1.63 bits per heavy atom. The third-order valence-electron chi connectivity index (χ3n) is 6.80. The average molecular weight is 611 g/mol. The van der Waals surface area contributed by atoms with Crippen LogP contribution in [0.4, 0.5) is 17.6 Å². The summed E-state index contributed by atoms with van der Waals surface area (Å²) in [6.07, 6.45) is 15.0. The fourth-order valence-electron chi connectivity index (χ4n) is 4.97. The second-order valence-electron chi connectivity index (χ2n) is 9.34. The van der Waals surface area contributed by atoms with Crippen LogP contribution in [-0.4, -0.2) is 22.8 Å². The normalized spacial score (nSPS) is 18.9. The Morgan fingerprint density at radius 1 is 0.488 bits per heavy atom. The lowest BCUT2D eigenvalue weighted by Gasteiger charge is -2.11. The van der Waals surface area contributed by atoms with Crippen molar-refractivity contribution >= 4 is 49.9 Å². The Bertz CT molecular complexity index is 1890. The van der Waals surface area contributed by atoms with Crippen molar-refractivity contribution in [2.24, 2.45) is 20.0 Å². The first-order valence-corrected chi connectivity index (χ1v) is 13.2. The van der Waals surface area contributed by atoms with Crippen LogP contribution in [0.5, 0.6) is 0 Å². The minimum Gasteiger partial charge on any atom is -0.248 e. The Labute approximate surface area is 239 Å². The molecule has 198 valence electrons. The summed E-state index contributed by atoms with van der Waals surface area (Å²) >= 11 is 3.55. The Balaban J connectivity index is 1.50. The fourth-order valence-corrected chi connectivity index (χ4v) is 5.41. The molecule has 0 amide bonds. The van der Waals surface area contributed by atoms with Crippen LogP contribution in [0.25, 0.3) is 11.1 Å². The molecule has 2 aromatic carbocycles. The van der Waals surface area contributed by atoms with E-state index in [1.807, 2.05) is 0 Å². The molecule has 2 aromatic rings. The lowest BCUT2D eigenvalue weighted by molar-refractivity contribution is 0.577. The SMILES string of the molecule is Fc1cccc(F)c1C1=C2C=CC(=N2)C=C2C=CC(=N2)C(c2c(F)cccc2F)=C2C=CC(=N2)C(Br)=C2C=CC1=N2. The summed E-state index contributed by atoms with van der Waals surface area (Å²) in [5, 5.41) is 0. The Hall–Kier alpha value is -4.76. The van der Waals surface area contributed by atoms with Gasteiger partial charge in [-0.05, 0) is 94.9 Å². The van der Waals surface area contributed by atoms with E-state index in [9.17, 15) is 0 Å². The molecule has 9 heteroatoms. The Kier molecular flexibility index (Phi) is 5.97. The molecule has 0 fully saturated rings. The first kappa shape index (κ1) is 25.2. The van der Waals surface area contributed by atoms with Crippen molar-refractivity contribution < 1.29 is 17.6 Å². The van der Waals surface area contributed by atoms with E-state index < -0.39 is 23.3 Å². The maximum Gasteiger partial charge on any atom is 0.134 e. The van der Waals surface area contributed by atoms with Crippen LogP contribution < -0.4 is 0 Å². The monoisotopic (exact) mass is 610 g/mol. The largest absolute Gasteiger partial charge is 0.248 e. The number of hydrogen-bond donors (Lipinski definition) is 0. The van der Waals surface area contributed by atoms with E-state index in [0.29, 0.717) is 50.1 Å². The highest BCUT2D eigenvalue weighted by Gasteiger charge is 2.28. The molecule has 7 rings (SSSR count). The van der Waals surface area contributed by atoms with Gasteiger partial charge in [-0.1, -0.05) is 12.1 Å². The van der Waals surface area contributed by atoms with Crippen molar-refractivity contribution in [1.29, 1.82) is 0 Å². The zero-order valence-electron chi connectivity index (χ0n) is 20.8. The van der Waals surface area contributed by atoms with Gasteiger partial charge in [0.1, 0.15) is 23.3 Å². The molecule has 0 saturated heterocycles. The molecule has 5 aliphatic rings. The summed E-state index contributed by atoms with van der Waals surface area (Å²) in [5.41, 5.74) is 2.96. The minimum absolute atomic E-state index is 0.192. The lowest BCUT2D eigenvalue weighted by atomic mass is 9.97. The molecule has 0 spiro atoms. The zero-order valence-corrected chi connectivity index (χ0v) is 22.4. The van der Waals surface area contributed by atoms with E-state index in [0.717, 1.165) is 0 Å². The van der Waals surface area contributed by atoms with Gasteiger partial charge < -0.3 is 0 Å². The number of aliphatic imine (C=N–C) groups is 4. The molecule has 0 unspecified atom stereocenters. The van der Waals surface area contributed by atoms with Crippen LogP contribution in [0.2, 0.25) is 0 Å². The summed E-state index contributed by atoms with van der Waals surface area (Å²) in [5.74, 6) is -2.99. The summed E-state index contributed by atoms with van der Waals surface area (Å²) < 4.78 is 60.6. The van der Waals surface area contributed by atoms with E-state index >= 15 is 17.6 Å². The van der Waals surface area contributed by atoms with Gasteiger partial charge in [-0.2, -0.15) is 0 Å². The van der Waals surface area contributed by atoms with Crippen molar-refractivity contribution in [3.8, 4) is 0 Å². The number of allylic oxidation sites excluding steroid dienone is 12. The van der Waals surface area contributed by atoms with Gasteiger partial charge in [0.05, 0.1) is 61.2 Å². The quantitative estimate of drug-likeness (QED) is 0.310. The second-order valence-corrected chi connectivity index (χ2v) is 10.1. The van der Waals surface area contributed by atoms with Gasteiger partial charge in [-0.25, -0.2) is 37.5 Å². The highest BCUT2D eigenvalue weighted by atomic mass is 79.9. The van der Waals surface area contributed by atoms with Gasteiger partial charge >= 0.3 is 0 Å². The van der Waals surface area contributed by atoms with E-state index in [4.69, 9.17) is 0 Å². The van der Waals surface area contributed by atoms with Crippen molar-refractivity contribution in [2.45, 2.75) is 0 Å². The first-order chi connectivity index (χ1) is 19.9. The topological polar surface area (TPSA) is 49.4 Å². The molecule has 41 heavy (non-hydrogen) atoms. The van der Waals surface area contributed by atoms with E-state index in [1.165, 1.54) is 36.4 Å². The van der Waals surface area contributed by atoms with Gasteiger partial charge in [0.2, 0.25) is 0 Å². The van der Waals surface area contributed by atoms with Gasteiger partial charge in [0.25, 0.3) is 0 Å². The van der Waals surface area contributed by atoms with Crippen LogP contribution >= 0.6 is 15.9 Å². The van der Waals surface area contributed by atoms with Crippen LogP contribution in [0, 0.1) is 23.3 Å². The first-order valence-electron chi connectivity index (χ1n) is 12.4. The Morgan fingerprint density at radius 2 is 0.976 bits per heavy atom. The van der Waals surface area contributed by atoms with Crippen LogP contribution in [0.15, 0.2) is 138 Å². The molecule has 5 heterocycles. The van der Waals surface area contributed by atoms with Crippen LogP contribution in [-0.2, 0) is 0 Å². The predicted octanol–water partition coefficient (Wildman–Crippen LogP) is 7.91. The summed E-state index contributed by atoms with van der Waals surface area (Å²) in [4.78, 5) is 18.6. The lowest BCUT2D eigenvalue weighted by Crippen LogP contribution is -2.05. The van der Waals surface area contributed by atoms with Crippen LogP contribution in [0.3, 0.4) is 0 Å². The number of nitrogens with zero attached hydrogens (tertiary/aromatic N) is 4. The summed E-state index contributed by atoms with van der Waals surface area (Å²) in [6.45, 7) is 0. The third-order valence-corrected chi connectivity index (χ3v) is 7.61. The van der Waals surface area contributed by atoms with Gasteiger partial charge in [-0.3, -0.25) is 0 Å². The third kappa shape index (κ3) is 4.29. The van der Waals surface area contributed by atoms with Gasteiger partial charge in [0.15, 0.2) is 0 Å². The standard InChI is InChI=1S/C32H15BrF4N4/c33-32-26-13-11-24(40-26)30(28-18(34)3-1-4-19(28)35)22-9-7-16(38-22)15-17-8-10-23(39-17)31(25-12-14-27(32)41-25)29-20(36)5-2-6-21(29)37/h1-15H. The molecule has 0 saturated carbocycles. The zero-order chi connectivity index (χ0) is 28.2. The highest BCUT2D eigenvalue weighted by Crippen LogP contribution is 2.37. The molecular weight excluding hydrogens is 596 g/mol. The number of rotatable bonds is 2. The molecule has 0 aliphatic carbocycles. The highest BCUT2D eigenvalue weighted by molar-refractivity contribution is 9.12. The van der Waals surface area contributed by atoms with E-state index in [1.54, 1.807) is 54.7 Å². The van der Waals surface area contributed by atoms with Crippen LogP contribution in [0.1, 0.15) is 11.1 Å². The maximum absolute atomic E-state index is 15.0. The van der Waals surface area contributed by atoms with E-state index in [2.05, 4.69) is 35.9 Å². The number of fused-ring (bicyclic) bond motifs is 4. The van der Waals surface area contributed by atoms with E-state index in [-0.39, 0.29) is 22.3 Å². The van der Waals surface area contributed by atoms with Gasteiger partial charge in [0, 0.05) is 11.1 Å². The second kappa shape index (κ2) is 9.71. The molecule has 0 radical (unpaired) electrons. The minimum atomic E-state index is -0.747. The number of hydrogen-bond acceptors (Lipinski definition) is 4. The average Bonchev–Trinajstić information content (AvgIpc) is 3.76.